The van der Waals surface area contributed by atoms with E-state index in [1.807, 2.05) is 12.1 Å². The van der Waals surface area contributed by atoms with E-state index < -0.39 is 5.97 Å². The number of hydrogen-bond acceptors (Lipinski definition) is 4. The van der Waals surface area contributed by atoms with Gasteiger partial charge in [0.2, 0.25) is 0 Å². The van der Waals surface area contributed by atoms with Gasteiger partial charge in [0.25, 0.3) is 0 Å². The fourth-order valence-corrected chi connectivity index (χ4v) is 1.74. The van der Waals surface area contributed by atoms with Gasteiger partial charge in [0.05, 0.1) is 11.7 Å². The minimum Gasteiger partial charge on any atom is -0.477 e. The van der Waals surface area contributed by atoms with E-state index >= 15 is 0 Å². The van der Waals surface area contributed by atoms with Crippen molar-refractivity contribution in [2.75, 3.05) is 0 Å². The summed E-state index contributed by atoms with van der Waals surface area (Å²) in [5.74, 6) is -1.04. The second kappa shape index (κ2) is 3.92. The molecule has 3 rings (SSSR count). The molecule has 0 saturated carbocycles. The van der Waals surface area contributed by atoms with Gasteiger partial charge < -0.3 is 5.11 Å². The van der Waals surface area contributed by atoms with Crippen LogP contribution in [0.4, 0.5) is 0 Å². The molecule has 6 heteroatoms. The van der Waals surface area contributed by atoms with Gasteiger partial charge in [-0.1, -0.05) is 5.21 Å². The zero-order valence-electron chi connectivity index (χ0n) is 9.19. The fraction of sp³-hybridized carbons (Fsp3) is 0. The predicted octanol–water partition coefficient (Wildman–Crippen LogP) is 1.49. The van der Waals surface area contributed by atoms with Crippen molar-refractivity contribution in [3.05, 3.63) is 48.5 Å². The summed E-state index contributed by atoms with van der Waals surface area (Å²) in [5.41, 5.74) is 2.57. The lowest BCUT2D eigenvalue weighted by molar-refractivity contribution is 0.0690. The molecule has 6 nitrogen and oxygen atoms in total. The first-order valence-electron chi connectivity index (χ1n) is 5.24. The van der Waals surface area contributed by atoms with Crippen molar-refractivity contribution in [1.29, 1.82) is 0 Å². The van der Waals surface area contributed by atoms with E-state index in [4.69, 9.17) is 5.11 Å². The first-order valence-corrected chi connectivity index (χ1v) is 5.24. The SMILES string of the molecule is O=C(O)c1cc(-c2ccn3nncc3c2)ccn1. The van der Waals surface area contributed by atoms with Crippen LogP contribution in [0, 0.1) is 0 Å². The normalized spacial score (nSPS) is 10.7. The summed E-state index contributed by atoms with van der Waals surface area (Å²) in [7, 11) is 0. The van der Waals surface area contributed by atoms with Crippen LogP contribution in [0.2, 0.25) is 0 Å². The Hall–Kier alpha value is -2.76. The molecule has 0 fully saturated rings. The van der Waals surface area contributed by atoms with Gasteiger partial charge in [-0.3, -0.25) is 0 Å². The number of nitrogens with zero attached hydrogens (tertiary/aromatic N) is 4. The summed E-state index contributed by atoms with van der Waals surface area (Å²) < 4.78 is 1.64. The van der Waals surface area contributed by atoms with Crippen LogP contribution in [0.3, 0.4) is 0 Å². The quantitative estimate of drug-likeness (QED) is 0.734. The number of hydrogen-bond donors (Lipinski definition) is 1. The van der Waals surface area contributed by atoms with Crippen molar-refractivity contribution in [1.82, 2.24) is 19.8 Å². The van der Waals surface area contributed by atoms with E-state index in [0.717, 1.165) is 16.6 Å². The lowest BCUT2D eigenvalue weighted by atomic mass is 10.1. The number of carboxylic acids is 1. The largest absolute Gasteiger partial charge is 0.477 e. The zero-order valence-corrected chi connectivity index (χ0v) is 9.19. The Balaban J connectivity index is 2.13. The molecule has 1 N–H and O–H groups in total. The van der Waals surface area contributed by atoms with Crippen LogP contribution in [-0.2, 0) is 0 Å². The highest BCUT2D eigenvalue weighted by atomic mass is 16.4. The fourth-order valence-electron chi connectivity index (χ4n) is 1.74. The van der Waals surface area contributed by atoms with Crippen LogP contribution in [0.5, 0.6) is 0 Å². The molecule has 18 heavy (non-hydrogen) atoms. The summed E-state index contributed by atoms with van der Waals surface area (Å²) in [5, 5.41) is 16.6. The number of aromatic carboxylic acids is 1. The maximum absolute atomic E-state index is 10.9. The molecule has 0 aliphatic heterocycles. The van der Waals surface area contributed by atoms with Gasteiger partial charge in [0.15, 0.2) is 0 Å². The van der Waals surface area contributed by atoms with Crippen LogP contribution >= 0.6 is 0 Å². The van der Waals surface area contributed by atoms with Gasteiger partial charge in [-0.25, -0.2) is 14.3 Å². The van der Waals surface area contributed by atoms with Crippen molar-refractivity contribution in [3.8, 4) is 11.1 Å². The van der Waals surface area contributed by atoms with E-state index in [2.05, 4.69) is 15.3 Å². The lowest BCUT2D eigenvalue weighted by Crippen LogP contribution is -1.99. The molecule has 0 unspecified atom stereocenters. The van der Waals surface area contributed by atoms with Crippen molar-refractivity contribution in [2.45, 2.75) is 0 Å². The van der Waals surface area contributed by atoms with Crippen molar-refractivity contribution in [2.24, 2.45) is 0 Å². The summed E-state index contributed by atoms with van der Waals surface area (Å²) in [6.45, 7) is 0. The number of carboxylic acid groups (broad SMARTS) is 1. The van der Waals surface area contributed by atoms with Crippen LogP contribution in [0.1, 0.15) is 10.5 Å². The van der Waals surface area contributed by atoms with Crippen molar-refractivity contribution < 1.29 is 9.90 Å². The minimum atomic E-state index is -1.04. The molecular formula is C12H8N4O2. The van der Waals surface area contributed by atoms with Gasteiger partial charge >= 0.3 is 5.97 Å². The number of pyridine rings is 2. The molecule has 0 aromatic carbocycles. The first-order chi connectivity index (χ1) is 8.74. The first kappa shape index (κ1) is 10.4. The van der Waals surface area contributed by atoms with Gasteiger partial charge in [-0.15, -0.1) is 5.10 Å². The second-order valence-electron chi connectivity index (χ2n) is 3.75. The van der Waals surface area contributed by atoms with Crippen molar-refractivity contribution in [3.63, 3.8) is 0 Å². The molecule has 0 spiro atoms. The second-order valence-corrected chi connectivity index (χ2v) is 3.75. The Morgan fingerprint density at radius 3 is 2.89 bits per heavy atom. The topological polar surface area (TPSA) is 80.4 Å². The van der Waals surface area contributed by atoms with Gasteiger partial charge in [-0.05, 0) is 35.4 Å². The molecule has 3 aromatic heterocycles. The Labute approximate surface area is 102 Å². The van der Waals surface area contributed by atoms with Gasteiger partial charge in [0, 0.05) is 12.4 Å². The number of carbonyl (C=O) groups is 1. The molecule has 88 valence electrons. The number of rotatable bonds is 2. The highest BCUT2D eigenvalue weighted by Crippen LogP contribution is 2.20. The molecule has 0 aliphatic carbocycles. The molecule has 3 aromatic rings. The Bertz CT molecular complexity index is 736. The Morgan fingerprint density at radius 1 is 1.22 bits per heavy atom. The van der Waals surface area contributed by atoms with E-state index in [9.17, 15) is 4.79 Å². The van der Waals surface area contributed by atoms with Gasteiger partial charge in [-0.2, -0.15) is 0 Å². The molecule has 0 bridgehead atoms. The van der Waals surface area contributed by atoms with Gasteiger partial charge in [0.1, 0.15) is 5.69 Å². The molecule has 0 atom stereocenters. The summed E-state index contributed by atoms with van der Waals surface area (Å²) in [6, 6.07) is 7.05. The highest BCUT2D eigenvalue weighted by Gasteiger charge is 2.07. The molecule has 0 saturated heterocycles. The average Bonchev–Trinajstić information content (AvgIpc) is 2.86. The van der Waals surface area contributed by atoms with Crippen molar-refractivity contribution >= 4 is 11.5 Å². The lowest BCUT2D eigenvalue weighted by Gasteiger charge is -2.02. The maximum Gasteiger partial charge on any atom is 0.354 e. The smallest absolute Gasteiger partial charge is 0.354 e. The molecule has 0 aliphatic rings. The Kier molecular flexibility index (Phi) is 2.26. The summed E-state index contributed by atoms with van der Waals surface area (Å²) in [4.78, 5) is 14.7. The molecule has 0 amide bonds. The zero-order chi connectivity index (χ0) is 12.5. The number of fused-ring (bicyclic) bond motifs is 1. The average molecular weight is 240 g/mol. The summed E-state index contributed by atoms with van der Waals surface area (Å²) in [6.07, 6.45) is 4.90. The van der Waals surface area contributed by atoms with Crippen LogP contribution < -0.4 is 0 Å². The predicted molar refractivity (Wildman–Crippen MR) is 63.2 cm³/mol. The van der Waals surface area contributed by atoms with Crippen LogP contribution in [0.25, 0.3) is 16.6 Å². The highest BCUT2D eigenvalue weighted by molar-refractivity contribution is 5.87. The van der Waals surface area contributed by atoms with Crippen LogP contribution in [0.15, 0.2) is 42.9 Å². The molecular weight excluding hydrogens is 232 g/mol. The maximum atomic E-state index is 10.9. The van der Waals surface area contributed by atoms with E-state index in [0.29, 0.717) is 0 Å². The third-order valence-electron chi connectivity index (χ3n) is 2.61. The minimum absolute atomic E-state index is 0.0269. The standard InChI is InChI=1S/C12H8N4O2/c17-12(18)11-6-8(1-3-13-11)9-2-4-16-10(5-9)7-14-15-16/h1-7H,(H,17,18). The monoisotopic (exact) mass is 240 g/mol. The third kappa shape index (κ3) is 1.69. The third-order valence-corrected chi connectivity index (χ3v) is 2.61. The Morgan fingerprint density at radius 2 is 2.06 bits per heavy atom. The summed E-state index contributed by atoms with van der Waals surface area (Å²) >= 11 is 0. The molecule has 3 heterocycles. The van der Waals surface area contributed by atoms with E-state index in [1.54, 1.807) is 23.0 Å². The molecule has 0 radical (unpaired) electrons. The van der Waals surface area contributed by atoms with E-state index in [1.165, 1.54) is 12.3 Å². The van der Waals surface area contributed by atoms with E-state index in [-0.39, 0.29) is 5.69 Å². The van der Waals surface area contributed by atoms with Crippen LogP contribution in [-0.4, -0.2) is 30.9 Å². The number of aromatic nitrogens is 4.